The van der Waals surface area contributed by atoms with Gasteiger partial charge in [0.15, 0.2) is 0 Å². The fourth-order valence-electron chi connectivity index (χ4n) is 2.84. The minimum atomic E-state index is 0.146. The number of amides is 1. The van der Waals surface area contributed by atoms with Crippen molar-refractivity contribution >= 4 is 17.2 Å². The molecule has 116 valence electrons. The molecular formula is C17H21N3OS. The molecule has 3 heterocycles. The average Bonchev–Trinajstić information content (AvgIpc) is 3.03. The van der Waals surface area contributed by atoms with Gasteiger partial charge in [-0.25, -0.2) is 0 Å². The molecular weight excluding hydrogens is 294 g/mol. The van der Waals surface area contributed by atoms with E-state index in [0.717, 1.165) is 37.4 Å². The smallest absolute Gasteiger partial charge is 0.225 e. The number of nitrogens with one attached hydrogen (secondary N) is 1. The Hall–Kier alpha value is -1.72. The predicted octanol–water partition coefficient (Wildman–Crippen LogP) is 2.47. The van der Waals surface area contributed by atoms with Crippen molar-refractivity contribution in [2.24, 2.45) is 0 Å². The minimum Gasteiger partial charge on any atom is -0.353 e. The summed E-state index contributed by atoms with van der Waals surface area (Å²) in [6.07, 6.45) is 6.29. The van der Waals surface area contributed by atoms with Gasteiger partial charge in [0.25, 0.3) is 0 Å². The number of pyridine rings is 1. The van der Waals surface area contributed by atoms with E-state index in [1.54, 1.807) is 17.5 Å². The normalized spacial score (nSPS) is 16.5. The number of piperidine rings is 1. The van der Waals surface area contributed by atoms with Gasteiger partial charge in [0, 0.05) is 42.9 Å². The maximum atomic E-state index is 12.0. The first-order valence-electron chi connectivity index (χ1n) is 7.72. The molecule has 0 spiro atoms. The highest BCUT2D eigenvalue weighted by Crippen LogP contribution is 2.14. The first-order chi connectivity index (χ1) is 10.8. The van der Waals surface area contributed by atoms with Crippen molar-refractivity contribution in [3.8, 4) is 0 Å². The van der Waals surface area contributed by atoms with Gasteiger partial charge in [0.05, 0.1) is 6.42 Å². The summed E-state index contributed by atoms with van der Waals surface area (Å²) >= 11 is 1.64. The highest BCUT2D eigenvalue weighted by Gasteiger charge is 2.20. The quantitative estimate of drug-likeness (QED) is 0.922. The molecule has 0 radical (unpaired) electrons. The molecule has 0 aromatic carbocycles. The van der Waals surface area contributed by atoms with Crippen molar-refractivity contribution in [2.45, 2.75) is 31.8 Å². The number of thiophene rings is 1. The van der Waals surface area contributed by atoms with Crippen LogP contribution < -0.4 is 5.32 Å². The molecule has 1 aliphatic rings. The lowest BCUT2D eigenvalue weighted by Gasteiger charge is -2.32. The van der Waals surface area contributed by atoms with Gasteiger partial charge in [-0.15, -0.1) is 11.3 Å². The van der Waals surface area contributed by atoms with Crippen molar-refractivity contribution in [2.75, 3.05) is 13.1 Å². The Balaban J connectivity index is 1.41. The zero-order valence-electron chi connectivity index (χ0n) is 12.6. The third-order valence-electron chi connectivity index (χ3n) is 4.00. The molecule has 1 fully saturated rings. The molecule has 0 aliphatic carbocycles. The summed E-state index contributed by atoms with van der Waals surface area (Å²) < 4.78 is 0. The minimum absolute atomic E-state index is 0.146. The molecule has 2 aromatic heterocycles. The van der Waals surface area contributed by atoms with E-state index >= 15 is 0 Å². The van der Waals surface area contributed by atoms with Crippen LogP contribution in [-0.4, -0.2) is 34.9 Å². The van der Waals surface area contributed by atoms with Gasteiger partial charge < -0.3 is 5.32 Å². The summed E-state index contributed by atoms with van der Waals surface area (Å²) in [5, 5.41) is 5.18. The summed E-state index contributed by atoms with van der Waals surface area (Å²) in [7, 11) is 0. The van der Waals surface area contributed by atoms with E-state index in [2.05, 4.69) is 21.3 Å². The van der Waals surface area contributed by atoms with Gasteiger partial charge in [0.2, 0.25) is 5.91 Å². The summed E-state index contributed by atoms with van der Waals surface area (Å²) in [4.78, 5) is 19.7. The molecule has 0 saturated carbocycles. The van der Waals surface area contributed by atoms with Crippen LogP contribution >= 0.6 is 11.3 Å². The summed E-state index contributed by atoms with van der Waals surface area (Å²) in [5.41, 5.74) is 1.25. The summed E-state index contributed by atoms with van der Waals surface area (Å²) in [5.74, 6) is 0.146. The summed E-state index contributed by atoms with van der Waals surface area (Å²) in [6.45, 7) is 3.00. The van der Waals surface area contributed by atoms with E-state index in [1.165, 1.54) is 5.56 Å². The Morgan fingerprint density at radius 2 is 2.18 bits per heavy atom. The third-order valence-corrected chi connectivity index (χ3v) is 4.87. The molecule has 4 nitrogen and oxygen atoms in total. The lowest BCUT2D eigenvalue weighted by atomic mass is 10.0. The van der Waals surface area contributed by atoms with E-state index in [1.807, 2.05) is 29.8 Å². The first kappa shape index (κ1) is 15.2. The molecule has 5 heteroatoms. The van der Waals surface area contributed by atoms with E-state index in [0.29, 0.717) is 12.5 Å². The Bertz CT molecular complexity index is 577. The van der Waals surface area contributed by atoms with Crippen LogP contribution in [0.3, 0.4) is 0 Å². The zero-order chi connectivity index (χ0) is 15.2. The number of hydrogen-bond acceptors (Lipinski definition) is 4. The number of carbonyl (C=O) groups is 1. The standard InChI is InChI=1S/C17H21N3OS/c21-17(11-16-4-2-10-22-16)19-15-5-8-20(9-6-15)13-14-3-1-7-18-12-14/h1-4,7,10,12,15H,5-6,8-9,11,13H2,(H,19,21). The van der Waals surface area contributed by atoms with Crippen LogP contribution in [0.15, 0.2) is 42.0 Å². The van der Waals surface area contributed by atoms with Crippen LogP contribution in [0.4, 0.5) is 0 Å². The fourth-order valence-corrected chi connectivity index (χ4v) is 3.54. The molecule has 3 rings (SSSR count). The van der Waals surface area contributed by atoms with Crippen molar-refractivity contribution < 1.29 is 4.79 Å². The monoisotopic (exact) mass is 315 g/mol. The van der Waals surface area contributed by atoms with Crippen LogP contribution in [0.5, 0.6) is 0 Å². The largest absolute Gasteiger partial charge is 0.353 e. The van der Waals surface area contributed by atoms with E-state index in [9.17, 15) is 4.79 Å². The van der Waals surface area contributed by atoms with Crippen molar-refractivity contribution in [1.82, 2.24) is 15.2 Å². The molecule has 1 saturated heterocycles. The first-order valence-corrected chi connectivity index (χ1v) is 8.60. The number of rotatable bonds is 5. The Morgan fingerprint density at radius 3 is 2.86 bits per heavy atom. The molecule has 0 bridgehead atoms. The second-order valence-corrected chi connectivity index (χ2v) is 6.77. The lowest BCUT2D eigenvalue weighted by molar-refractivity contribution is -0.121. The van der Waals surface area contributed by atoms with Gasteiger partial charge in [-0.3, -0.25) is 14.7 Å². The van der Waals surface area contributed by atoms with E-state index < -0.39 is 0 Å². The van der Waals surface area contributed by atoms with Crippen molar-refractivity contribution in [3.05, 3.63) is 52.5 Å². The van der Waals surface area contributed by atoms with Crippen LogP contribution in [0.25, 0.3) is 0 Å². The fraction of sp³-hybridized carbons (Fsp3) is 0.412. The van der Waals surface area contributed by atoms with E-state index in [-0.39, 0.29) is 5.91 Å². The lowest BCUT2D eigenvalue weighted by Crippen LogP contribution is -2.44. The topological polar surface area (TPSA) is 45.2 Å². The number of likely N-dealkylation sites (tertiary alicyclic amines) is 1. The number of nitrogens with zero attached hydrogens (tertiary/aromatic N) is 2. The van der Waals surface area contributed by atoms with Crippen LogP contribution in [0, 0.1) is 0 Å². The maximum absolute atomic E-state index is 12.0. The third kappa shape index (κ3) is 4.39. The number of hydrogen-bond donors (Lipinski definition) is 1. The average molecular weight is 315 g/mol. The molecule has 1 aliphatic heterocycles. The molecule has 1 amide bonds. The second-order valence-electron chi connectivity index (χ2n) is 5.74. The highest BCUT2D eigenvalue weighted by molar-refractivity contribution is 7.10. The predicted molar refractivity (Wildman–Crippen MR) is 88.7 cm³/mol. The Labute approximate surface area is 135 Å². The SMILES string of the molecule is O=C(Cc1cccs1)NC1CCN(Cc2cccnc2)CC1. The molecule has 2 aromatic rings. The van der Waals surface area contributed by atoms with E-state index in [4.69, 9.17) is 0 Å². The van der Waals surface area contributed by atoms with Crippen LogP contribution in [-0.2, 0) is 17.8 Å². The highest BCUT2D eigenvalue weighted by atomic mass is 32.1. The Kier molecular flexibility index (Phi) is 5.19. The molecule has 1 N–H and O–H groups in total. The van der Waals surface area contributed by atoms with Crippen LogP contribution in [0.1, 0.15) is 23.3 Å². The second kappa shape index (κ2) is 7.51. The van der Waals surface area contributed by atoms with Gasteiger partial charge in [-0.2, -0.15) is 0 Å². The zero-order valence-corrected chi connectivity index (χ0v) is 13.4. The number of aromatic nitrogens is 1. The number of carbonyl (C=O) groups excluding carboxylic acids is 1. The van der Waals surface area contributed by atoms with Gasteiger partial charge in [-0.05, 0) is 35.9 Å². The van der Waals surface area contributed by atoms with Gasteiger partial charge in [-0.1, -0.05) is 12.1 Å². The Morgan fingerprint density at radius 1 is 1.32 bits per heavy atom. The molecule has 0 atom stereocenters. The van der Waals surface area contributed by atoms with Gasteiger partial charge in [0.1, 0.15) is 0 Å². The van der Waals surface area contributed by atoms with Crippen molar-refractivity contribution in [3.63, 3.8) is 0 Å². The molecule has 22 heavy (non-hydrogen) atoms. The molecule has 0 unspecified atom stereocenters. The maximum Gasteiger partial charge on any atom is 0.225 e. The van der Waals surface area contributed by atoms with Gasteiger partial charge >= 0.3 is 0 Å². The van der Waals surface area contributed by atoms with Crippen LogP contribution in [0.2, 0.25) is 0 Å². The summed E-state index contributed by atoms with van der Waals surface area (Å²) in [6, 6.07) is 8.41. The van der Waals surface area contributed by atoms with Crippen molar-refractivity contribution in [1.29, 1.82) is 0 Å².